The molecule has 102 valence electrons. The Morgan fingerprint density at radius 1 is 1.33 bits per heavy atom. The van der Waals surface area contributed by atoms with Crippen molar-refractivity contribution in [3.8, 4) is 0 Å². The van der Waals surface area contributed by atoms with Gasteiger partial charge in [-0.05, 0) is 19.1 Å². The average Bonchev–Trinajstić information content (AvgIpc) is 2.34. The minimum Gasteiger partial charge on any atom is -0.383 e. The van der Waals surface area contributed by atoms with Crippen LogP contribution in [0.4, 0.5) is 0 Å². The van der Waals surface area contributed by atoms with Crippen molar-refractivity contribution in [1.82, 2.24) is 9.88 Å². The van der Waals surface area contributed by atoms with Crippen LogP contribution < -0.4 is 0 Å². The second kappa shape index (κ2) is 8.43. The van der Waals surface area contributed by atoms with Crippen LogP contribution in [0.3, 0.4) is 0 Å². The zero-order valence-corrected chi connectivity index (χ0v) is 12.0. The van der Waals surface area contributed by atoms with Gasteiger partial charge in [0.25, 0.3) is 0 Å². The third-order valence-corrected chi connectivity index (χ3v) is 2.96. The van der Waals surface area contributed by atoms with Crippen molar-refractivity contribution in [3.05, 3.63) is 29.0 Å². The van der Waals surface area contributed by atoms with Crippen LogP contribution in [0.15, 0.2) is 18.2 Å². The number of ether oxygens (including phenoxy) is 2. The molecule has 0 N–H and O–H groups in total. The SMILES string of the molecule is COCCN(Cc1cccc(Cl)n1)C(C)COC. The van der Waals surface area contributed by atoms with E-state index in [4.69, 9.17) is 21.1 Å². The Balaban J connectivity index is 2.64. The molecular weight excluding hydrogens is 252 g/mol. The van der Waals surface area contributed by atoms with Crippen LogP contribution in [-0.4, -0.2) is 49.9 Å². The normalized spacial score (nSPS) is 12.9. The maximum Gasteiger partial charge on any atom is 0.129 e. The molecule has 1 aromatic heterocycles. The van der Waals surface area contributed by atoms with Gasteiger partial charge in [0.2, 0.25) is 0 Å². The fourth-order valence-electron chi connectivity index (χ4n) is 1.76. The quantitative estimate of drug-likeness (QED) is 0.680. The topological polar surface area (TPSA) is 34.6 Å². The highest BCUT2D eigenvalue weighted by Gasteiger charge is 2.14. The lowest BCUT2D eigenvalue weighted by atomic mass is 10.2. The van der Waals surface area contributed by atoms with Gasteiger partial charge < -0.3 is 9.47 Å². The van der Waals surface area contributed by atoms with Crippen LogP contribution in [0.5, 0.6) is 0 Å². The van der Waals surface area contributed by atoms with Crippen LogP contribution in [0.2, 0.25) is 5.15 Å². The van der Waals surface area contributed by atoms with E-state index in [2.05, 4.69) is 16.8 Å². The van der Waals surface area contributed by atoms with Gasteiger partial charge in [0, 0.05) is 33.4 Å². The average molecular weight is 273 g/mol. The minimum absolute atomic E-state index is 0.311. The van der Waals surface area contributed by atoms with E-state index in [-0.39, 0.29) is 0 Å². The molecule has 0 bridgehead atoms. The molecular formula is C13H21ClN2O2. The molecule has 0 radical (unpaired) electrons. The molecule has 0 spiro atoms. The first-order chi connectivity index (χ1) is 8.67. The standard InChI is InChI=1S/C13H21ClN2O2/c1-11(10-18-3)16(7-8-17-2)9-12-5-4-6-13(14)15-12/h4-6,11H,7-10H2,1-3H3. The van der Waals surface area contributed by atoms with Gasteiger partial charge in [-0.3, -0.25) is 4.90 Å². The maximum absolute atomic E-state index is 5.89. The zero-order valence-electron chi connectivity index (χ0n) is 11.2. The molecule has 1 aromatic rings. The first-order valence-electron chi connectivity index (χ1n) is 6.00. The Kier molecular flexibility index (Phi) is 7.20. The Labute approximate surface area is 114 Å². The third-order valence-electron chi connectivity index (χ3n) is 2.75. The molecule has 0 saturated carbocycles. The summed E-state index contributed by atoms with van der Waals surface area (Å²) in [5.74, 6) is 0. The summed E-state index contributed by atoms with van der Waals surface area (Å²) in [6.45, 7) is 5.09. The summed E-state index contributed by atoms with van der Waals surface area (Å²) in [6.07, 6.45) is 0. The van der Waals surface area contributed by atoms with Crippen LogP contribution in [0.1, 0.15) is 12.6 Å². The fraction of sp³-hybridized carbons (Fsp3) is 0.615. The molecule has 1 atom stereocenters. The van der Waals surface area contributed by atoms with Crippen molar-refractivity contribution in [3.63, 3.8) is 0 Å². The molecule has 0 aromatic carbocycles. The fourth-order valence-corrected chi connectivity index (χ4v) is 1.94. The number of aromatic nitrogens is 1. The van der Waals surface area contributed by atoms with Gasteiger partial charge in [0.1, 0.15) is 5.15 Å². The van der Waals surface area contributed by atoms with Crippen molar-refractivity contribution in [2.24, 2.45) is 0 Å². The summed E-state index contributed by atoms with van der Waals surface area (Å²) in [4.78, 5) is 6.58. The molecule has 0 fully saturated rings. The lowest BCUT2D eigenvalue weighted by Crippen LogP contribution is -2.38. The Morgan fingerprint density at radius 2 is 2.11 bits per heavy atom. The molecule has 0 aliphatic carbocycles. The predicted octanol–water partition coefficient (Wildman–Crippen LogP) is 2.22. The lowest BCUT2D eigenvalue weighted by molar-refractivity contribution is 0.0698. The molecule has 1 rings (SSSR count). The number of nitrogens with zero attached hydrogens (tertiary/aromatic N) is 2. The minimum atomic E-state index is 0.311. The number of hydrogen-bond acceptors (Lipinski definition) is 4. The summed E-state index contributed by atoms with van der Waals surface area (Å²) < 4.78 is 10.3. The summed E-state index contributed by atoms with van der Waals surface area (Å²) in [5, 5.41) is 0.526. The summed E-state index contributed by atoms with van der Waals surface area (Å²) in [7, 11) is 3.42. The van der Waals surface area contributed by atoms with E-state index in [0.717, 1.165) is 18.8 Å². The van der Waals surface area contributed by atoms with E-state index >= 15 is 0 Å². The number of halogens is 1. The highest BCUT2D eigenvalue weighted by molar-refractivity contribution is 6.29. The molecule has 0 saturated heterocycles. The number of rotatable bonds is 8. The Bertz CT molecular complexity index is 350. The van der Waals surface area contributed by atoms with Crippen molar-refractivity contribution in [2.75, 3.05) is 34.0 Å². The zero-order chi connectivity index (χ0) is 13.4. The van der Waals surface area contributed by atoms with Crippen molar-refractivity contribution >= 4 is 11.6 Å². The lowest BCUT2D eigenvalue weighted by Gasteiger charge is -2.28. The van der Waals surface area contributed by atoms with Gasteiger partial charge in [-0.1, -0.05) is 17.7 Å². The van der Waals surface area contributed by atoms with E-state index in [0.29, 0.717) is 24.4 Å². The van der Waals surface area contributed by atoms with Crippen molar-refractivity contribution < 1.29 is 9.47 Å². The molecule has 5 heteroatoms. The highest BCUT2D eigenvalue weighted by atomic mass is 35.5. The number of methoxy groups -OCH3 is 2. The third kappa shape index (κ3) is 5.31. The molecule has 0 aliphatic rings. The van der Waals surface area contributed by atoms with E-state index in [9.17, 15) is 0 Å². The van der Waals surface area contributed by atoms with Gasteiger partial charge >= 0.3 is 0 Å². The predicted molar refractivity (Wildman–Crippen MR) is 72.9 cm³/mol. The van der Waals surface area contributed by atoms with Crippen LogP contribution >= 0.6 is 11.6 Å². The maximum atomic E-state index is 5.89. The molecule has 1 heterocycles. The van der Waals surface area contributed by atoms with Gasteiger partial charge in [-0.25, -0.2) is 4.98 Å². The van der Waals surface area contributed by atoms with Crippen LogP contribution in [-0.2, 0) is 16.0 Å². The molecule has 0 aliphatic heterocycles. The largest absolute Gasteiger partial charge is 0.383 e. The van der Waals surface area contributed by atoms with E-state index < -0.39 is 0 Å². The Morgan fingerprint density at radius 3 is 2.72 bits per heavy atom. The van der Waals surface area contributed by atoms with Crippen LogP contribution in [0.25, 0.3) is 0 Å². The van der Waals surface area contributed by atoms with Crippen LogP contribution in [0, 0.1) is 0 Å². The summed E-state index contributed by atoms with van der Waals surface area (Å²) in [6, 6.07) is 5.99. The second-order valence-corrected chi connectivity index (χ2v) is 4.61. The number of hydrogen-bond donors (Lipinski definition) is 0. The summed E-state index contributed by atoms with van der Waals surface area (Å²) >= 11 is 5.89. The van der Waals surface area contributed by atoms with Gasteiger partial charge in [0.05, 0.1) is 18.9 Å². The van der Waals surface area contributed by atoms with Gasteiger partial charge in [0.15, 0.2) is 0 Å². The first-order valence-corrected chi connectivity index (χ1v) is 6.38. The van der Waals surface area contributed by atoms with Gasteiger partial charge in [-0.15, -0.1) is 0 Å². The van der Waals surface area contributed by atoms with Crippen molar-refractivity contribution in [2.45, 2.75) is 19.5 Å². The highest BCUT2D eigenvalue weighted by Crippen LogP contribution is 2.10. The molecule has 1 unspecified atom stereocenters. The Hall–Kier alpha value is -0.680. The number of pyridine rings is 1. The second-order valence-electron chi connectivity index (χ2n) is 4.22. The first kappa shape index (κ1) is 15.4. The smallest absolute Gasteiger partial charge is 0.129 e. The molecule has 0 amide bonds. The van der Waals surface area contributed by atoms with E-state index in [1.54, 1.807) is 20.3 Å². The molecule has 4 nitrogen and oxygen atoms in total. The monoisotopic (exact) mass is 272 g/mol. The van der Waals surface area contributed by atoms with E-state index in [1.165, 1.54) is 0 Å². The summed E-state index contributed by atoms with van der Waals surface area (Å²) in [5.41, 5.74) is 0.960. The molecule has 18 heavy (non-hydrogen) atoms. The van der Waals surface area contributed by atoms with E-state index in [1.807, 2.05) is 12.1 Å². The van der Waals surface area contributed by atoms with Gasteiger partial charge in [-0.2, -0.15) is 0 Å². The van der Waals surface area contributed by atoms with Crippen molar-refractivity contribution in [1.29, 1.82) is 0 Å².